The maximum atomic E-state index is 12.6. The smallest absolute Gasteiger partial charge is 0.347 e. The van der Waals surface area contributed by atoms with Crippen LogP contribution in [0.25, 0.3) is 0 Å². The lowest BCUT2D eigenvalue weighted by Gasteiger charge is -2.10. The number of benzene rings is 3. The van der Waals surface area contributed by atoms with Crippen molar-refractivity contribution in [2.24, 2.45) is 9.50 Å². The van der Waals surface area contributed by atoms with Gasteiger partial charge in [0.05, 0.1) is 13.3 Å². The van der Waals surface area contributed by atoms with E-state index in [1.54, 1.807) is 66.7 Å². The Morgan fingerprint density at radius 1 is 0.968 bits per heavy atom. The molecule has 0 aromatic heterocycles. The number of methoxy groups -OCH3 is 1. The van der Waals surface area contributed by atoms with E-state index >= 15 is 0 Å². The fourth-order valence-electron chi connectivity index (χ4n) is 3.00. The molecule has 1 aliphatic heterocycles. The number of hydrazone groups is 1. The number of hydrogen-bond donors (Lipinski definition) is 1. The van der Waals surface area contributed by atoms with Gasteiger partial charge in [-0.15, -0.1) is 4.40 Å². The van der Waals surface area contributed by atoms with Gasteiger partial charge in [-0.3, -0.25) is 5.43 Å². The molecule has 0 aliphatic carbocycles. The van der Waals surface area contributed by atoms with Crippen LogP contribution in [-0.4, -0.2) is 33.5 Å². The molecule has 0 saturated carbocycles. The summed E-state index contributed by atoms with van der Waals surface area (Å²) in [4.78, 5) is 12.7. The number of esters is 1. The zero-order valence-electron chi connectivity index (χ0n) is 16.3. The van der Waals surface area contributed by atoms with Crippen LogP contribution in [0.3, 0.4) is 0 Å². The van der Waals surface area contributed by atoms with Gasteiger partial charge in [0.1, 0.15) is 22.0 Å². The van der Waals surface area contributed by atoms with Crippen molar-refractivity contribution in [3.05, 3.63) is 89.5 Å². The topological polar surface area (TPSA) is 106 Å². The van der Waals surface area contributed by atoms with Gasteiger partial charge in [-0.1, -0.05) is 36.4 Å². The summed E-state index contributed by atoms with van der Waals surface area (Å²) in [5, 5.41) is 4.08. The minimum atomic E-state index is -3.74. The summed E-state index contributed by atoms with van der Waals surface area (Å²) < 4.78 is 38.7. The lowest BCUT2D eigenvalue weighted by atomic mass is 10.2. The molecule has 0 amide bonds. The molecule has 0 radical (unpaired) electrons. The zero-order chi connectivity index (χ0) is 21.8. The van der Waals surface area contributed by atoms with Crippen LogP contribution in [0.2, 0.25) is 0 Å². The number of hydrogen-bond acceptors (Lipinski definition) is 7. The number of amidine groups is 1. The Balaban J connectivity index is 1.54. The van der Waals surface area contributed by atoms with E-state index in [9.17, 15) is 13.2 Å². The van der Waals surface area contributed by atoms with Crippen LogP contribution in [0.1, 0.15) is 21.5 Å². The van der Waals surface area contributed by atoms with Crippen molar-refractivity contribution in [3.8, 4) is 11.5 Å². The van der Waals surface area contributed by atoms with Crippen LogP contribution >= 0.6 is 0 Å². The Kier molecular flexibility index (Phi) is 5.50. The monoisotopic (exact) mass is 435 g/mol. The molecular formula is C22H17N3O5S. The van der Waals surface area contributed by atoms with Gasteiger partial charge in [0.2, 0.25) is 0 Å². The van der Waals surface area contributed by atoms with Gasteiger partial charge in [0.25, 0.3) is 10.0 Å². The van der Waals surface area contributed by atoms with Crippen molar-refractivity contribution in [3.63, 3.8) is 0 Å². The van der Waals surface area contributed by atoms with E-state index < -0.39 is 16.0 Å². The van der Waals surface area contributed by atoms with E-state index in [0.717, 1.165) is 0 Å². The molecule has 0 bridgehead atoms. The highest BCUT2D eigenvalue weighted by molar-refractivity contribution is 7.90. The second kappa shape index (κ2) is 8.41. The number of rotatable bonds is 5. The summed E-state index contributed by atoms with van der Waals surface area (Å²) in [6.07, 6.45) is 1.42. The third-order valence-corrected chi connectivity index (χ3v) is 5.79. The SMILES string of the molecule is COc1ccccc1C(=O)Oc1ccccc1/C=N\NC1=NS(=O)(=O)c2ccccc21. The molecule has 3 aromatic carbocycles. The first-order valence-electron chi connectivity index (χ1n) is 9.17. The predicted molar refractivity (Wildman–Crippen MR) is 115 cm³/mol. The molecule has 0 atom stereocenters. The van der Waals surface area contributed by atoms with Crippen molar-refractivity contribution in [2.45, 2.75) is 4.90 Å². The summed E-state index contributed by atoms with van der Waals surface area (Å²) >= 11 is 0. The minimum Gasteiger partial charge on any atom is -0.496 e. The number of carbonyl (C=O) groups excluding carboxylic acids is 1. The van der Waals surface area contributed by atoms with Crippen molar-refractivity contribution < 1.29 is 22.7 Å². The van der Waals surface area contributed by atoms with Crippen molar-refractivity contribution >= 4 is 28.0 Å². The Morgan fingerprint density at radius 3 is 2.45 bits per heavy atom. The molecule has 0 saturated heterocycles. The van der Waals surface area contributed by atoms with E-state index in [1.165, 1.54) is 19.4 Å². The fraction of sp³-hybridized carbons (Fsp3) is 0.0455. The Labute approximate surface area is 178 Å². The second-order valence-corrected chi connectivity index (χ2v) is 7.98. The van der Waals surface area contributed by atoms with Crippen molar-refractivity contribution in [1.82, 2.24) is 5.43 Å². The van der Waals surface area contributed by atoms with Crippen LogP contribution in [0.5, 0.6) is 11.5 Å². The zero-order valence-corrected chi connectivity index (χ0v) is 17.2. The highest BCUT2D eigenvalue weighted by Gasteiger charge is 2.28. The number of ether oxygens (including phenoxy) is 2. The van der Waals surface area contributed by atoms with Gasteiger partial charge in [-0.05, 0) is 36.4 Å². The number of nitrogens with zero attached hydrogens (tertiary/aromatic N) is 2. The first kappa shape index (κ1) is 20.3. The minimum absolute atomic E-state index is 0.121. The summed E-state index contributed by atoms with van der Waals surface area (Å²) in [7, 11) is -2.27. The van der Waals surface area contributed by atoms with E-state index in [1.807, 2.05) is 0 Å². The molecule has 0 spiro atoms. The molecule has 31 heavy (non-hydrogen) atoms. The van der Waals surface area contributed by atoms with E-state index in [-0.39, 0.29) is 22.0 Å². The number of fused-ring (bicyclic) bond motifs is 1. The predicted octanol–water partition coefficient (Wildman–Crippen LogP) is 2.99. The highest BCUT2D eigenvalue weighted by Crippen LogP contribution is 2.25. The van der Waals surface area contributed by atoms with Crippen LogP contribution in [0.4, 0.5) is 0 Å². The average Bonchev–Trinajstić information content (AvgIpc) is 3.05. The third kappa shape index (κ3) is 4.17. The van der Waals surface area contributed by atoms with Crippen molar-refractivity contribution in [2.75, 3.05) is 7.11 Å². The molecule has 8 nitrogen and oxygen atoms in total. The third-order valence-electron chi connectivity index (χ3n) is 4.45. The number of para-hydroxylation sites is 2. The van der Waals surface area contributed by atoms with Crippen LogP contribution in [0.15, 0.2) is 87.2 Å². The second-order valence-electron chi connectivity index (χ2n) is 6.41. The molecule has 1 aliphatic rings. The number of carbonyl (C=O) groups is 1. The standard InChI is InChI=1S/C22H17N3O5S/c1-29-19-12-6-3-9-16(19)22(26)30-18-11-5-2-8-15(18)14-23-24-21-17-10-4-7-13-20(17)31(27,28)25-21/h2-14H,1H3,(H,24,25)/b23-14-. The Morgan fingerprint density at radius 2 is 1.65 bits per heavy atom. The molecule has 1 heterocycles. The molecular weight excluding hydrogens is 418 g/mol. The summed E-state index contributed by atoms with van der Waals surface area (Å²) in [5.74, 6) is 0.228. The van der Waals surface area contributed by atoms with Crippen LogP contribution in [-0.2, 0) is 10.0 Å². The summed E-state index contributed by atoms with van der Waals surface area (Å²) in [6.45, 7) is 0. The Bertz CT molecular complexity index is 1320. The average molecular weight is 435 g/mol. The Hall–Kier alpha value is -3.98. The van der Waals surface area contributed by atoms with Gasteiger partial charge in [0.15, 0.2) is 5.84 Å². The summed E-state index contributed by atoms with van der Waals surface area (Å²) in [6, 6.07) is 20.0. The normalized spacial score (nSPS) is 14.0. The largest absolute Gasteiger partial charge is 0.496 e. The van der Waals surface area contributed by atoms with E-state index in [0.29, 0.717) is 16.9 Å². The summed E-state index contributed by atoms with van der Waals surface area (Å²) in [5.41, 5.74) is 3.89. The first-order valence-corrected chi connectivity index (χ1v) is 10.6. The maximum absolute atomic E-state index is 12.6. The van der Waals surface area contributed by atoms with Gasteiger partial charge in [-0.2, -0.15) is 13.5 Å². The van der Waals surface area contributed by atoms with Crippen molar-refractivity contribution in [1.29, 1.82) is 0 Å². The fourth-order valence-corrected chi connectivity index (χ4v) is 4.17. The quantitative estimate of drug-likeness (QED) is 0.286. The highest BCUT2D eigenvalue weighted by atomic mass is 32.2. The van der Waals surface area contributed by atoms with Gasteiger partial charge in [-0.25, -0.2) is 4.79 Å². The van der Waals surface area contributed by atoms with Crippen LogP contribution in [0, 0.1) is 0 Å². The lowest BCUT2D eigenvalue weighted by Crippen LogP contribution is -2.17. The molecule has 0 unspecified atom stereocenters. The van der Waals surface area contributed by atoms with E-state index in [2.05, 4.69) is 14.9 Å². The van der Waals surface area contributed by atoms with Gasteiger partial charge in [0, 0.05) is 11.1 Å². The van der Waals surface area contributed by atoms with E-state index in [4.69, 9.17) is 9.47 Å². The molecule has 156 valence electrons. The number of sulfonamides is 1. The molecule has 4 rings (SSSR count). The van der Waals surface area contributed by atoms with Gasteiger partial charge < -0.3 is 9.47 Å². The van der Waals surface area contributed by atoms with Crippen LogP contribution < -0.4 is 14.9 Å². The number of nitrogens with one attached hydrogen (secondary N) is 1. The van der Waals surface area contributed by atoms with Gasteiger partial charge >= 0.3 is 5.97 Å². The maximum Gasteiger partial charge on any atom is 0.347 e. The first-order chi connectivity index (χ1) is 15.0. The molecule has 3 aromatic rings. The molecule has 0 fully saturated rings. The lowest BCUT2D eigenvalue weighted by molar-refractivity contribution is 0.0731. The molecule has 9 heteroatoms. The molecule has 1 N–H and O–H groups in total.